The number of benzene rings is 2. The lowest BCUT2D eigenvalue weighted by Crippen LogP contribution is -2.01. The van der Waals surface area contributed by atoms with Gasteiger partial charge in [-0.05, 0) is 30.8 Å². The van der Waals surface area contributed by atoms with Crippen molar-refractivity contribution in [2.75, 3.05) is 0 Å². The lowest BCUT2D eigenvalue weighted by Gasteiger charge is -1.91. The summed E-state index contributed by atoms with van der Waals surface area (Å²) in [5, 5.41) is 4.83. The van der Waals surface area contributed by atoms with Gasteiger partial charge in [-0.2, -0.15) is 0 Å². The highest BCUT2D eigenvalue weighted by Crippen LogP contribution is 1.93. The fourth-order valence-corrected chi connectivity index (χ4v) is 2.29. The molecule has 0 unspecified atom stereocenters. The molecule has 0 aliphatic rings. The van der Waals surface area contributed by atoms with Gasteiger partial charge in [-0.1, -0.05) is 80.4 Å². The summed E-state index contributed by atoms with van der Waals surface area (Å²) in [4.78, 5) is 3.87. The highest BCUT2D eigenvalue weighted by molar-refractivity contribution is 9.14. The van der Waals surface area contributed by atoms with E-state index in [-0.39, 0.29) is 0 Å². The Balaban J connectivity index is 2.92. The Morgan fingerprint density at radius 1 is 0.750 bits per heavy atom. The van der Waals surface area contributed by atoms with E-state index >= 15 is 0 Å². The van der Waals surface area contributed by atoms with Gasteiger partial charge in [0.05, 0.1) is 0 Å². The number of hydrogen-bond acceptors (Lipinski definition) is 0. The summed E-state index contributed by atoms with van der Waals surface area (Å²) in [5.74, 6) is 0. The Morgan fingerprint density at radius 2 is 1.44 bits per heavy atom. The summed E-state index contributed by atoms with van der Waals surface area (Å²) in [6.07, 6.45) is 0. The molecule has 0 amide bonds. The Bertz CT molecular complexity index is 664. The molecule has 0 N–H and O–H groups in total. The summed E-state index contributed by atoms with van der Waals surface area (Å²) in [7, 11) is 0. The molecule has 0 saturated carbocycles. The van der Waals surface area contributed by atoms with E-state index in [9.17, 15) is 0 Å². The molecule has 0 fully saturated rings. The average molecular weight is 338 g/mol. The molecule has 0 bridgehead atoms. The maximum atomic E-state index is 3.40. The van der Waals surface area contributed by atoms with Crippen molar-refractivity contribution in [1.82, 2.24) is 0 Å². The summed E-state index contributed by atoms with van der Waals surface area (Å²) in [5.41, 5.74) is 0. The maximum Gasteiger partial charge on any atom is -0.0106 e. The second-order valence-corrected chi connectivity index (χ2v) is 4.34. The second kappa shape index (κ2) is 5.46. The van der Waals surface area contributed by atoms with Crippen molar-refractivity contribution in [2.24, 2.45) is 0 Å². The fraction of sp³-hybridized carbons (Fsp3) is 0. The summed E-state index contributed by atoms with van der Waals surface area (Å²) >= 11 is 6.72. The van der Waals surface area contributed by atoms with Crippen LogP contribution < -0.4 is 10.4 Å². The van der Waals surface area contributed by atoms with Crippen LogP contribution in [0.2, 0.25) is 0 Å². The predicted molar refractivity (Wildman–Crippen MR) is 76.6 cm³/mol. The topological polar surface area (TPSA) is 0 Å². The molecule has 80 valence electrons. The fourth-order valence-electron chi connectivity index (χ4n) is 1.59. The summed E-state index contributed by atoms with van der Waals surface area (Å²) in [6.45, 7) is 0. The molecule has 0 radical (unpaired) electrons. The molecular weight excluding hydrogens is 328 g/mol. The van der Waals surface area contributed by atoms with Gasteiger partial charge in [0.1, 0.15) is 0 Å². The van der Waals surface area contributed by atoms with Crippen LogP contribution in [0.15, 0.2) is 48.5 Å². The molecule has 0 aliphatic heterocycles. The minimum absolute atomic E-state index is 1.17. The van der Waals surface area contributed by atoms with Crippen molar-refractivity contribution in [2.45, 2.75) is 0 Å². The first-order valence-electron chi connectivity index (χ1n) is 4.91. The lowest BCUT2D eigenvalue weighted by molar-refractivity contribution is 1.43. The molecule has 2 rings (SSSR count). The molecule has 0 heterocycles. The molecule has 0 nitrogen and oxygen atoms in total. The monoisotopic (exact) mass is 336 g/mol. The van der Waals surface area contributed by atoms with Gasteiger partial charge in [-0.3, -0.25) is 0 Å². The zero-order chi connectivity index (χ0) is 11.4. The van der Waals surface area contributed by atoms with Gasteiger partial charge in [0, 0.05) is 0 Å². The molecule has 0 saturated heterocycles. The van der Waals surface area contributed by atoms with Gasteiger partial charge in [0.25, 0.3) is 0 Å². The van der Waals surface area contributed by atoms with Crippen LogP contribution in [0.3, 0.4) is 0 Å². The highest BCUT2D eigenvalue weighted by atomic mass is 79.9. The normalized spacial score (nSPS) is 11.5. The van der Waals surface area contributed by atoms with Crippen molar-refractivity contribution in [3.8, 4) is 0 Å². The van der Waals surface area contributed by atoms with Gasteiger partial charge >= 0.3 is 0 Å². The molecule has 2 aromatic carbocycles. The maximum absolute atomic E-state index is 3.40. The van der Waals surface area contributed by atoms with Crippen LogP contribution in [0.25, 0.3) is 9.97 Å². The predicted octanol–water partition coefficient (Wildman–Crippen LogP) is 3.24. The second-order valence-electron chi connectivity index (χ2n) is 3.43. The average Bonchev–Trinajstić information content (AvgIpc) is 2.39. The van der Waals surface area contributed by atoms with Crippen LogP contribution in [-0.4, -0.2) is 0 Å². The SMILES string of the molecule is BrC=c1ccc(=c2ccccc2=CBr)cc1. The first kappa shape index (κ1) is 11.6. The van der Waals surface area contributed by atoms with Gasteiger partial charge in [-0.15, -0.1) is 0 Å². The Hall–Kier alpha value is -0.860. The molecule has 0 aromatic heterocycles. The van der Waals surface area contributed by atoms with E-state index in [1.165, 1.54) is 20.9 Å². The number of halogens is 2. The van der Waals surface area contributed by atoms with E-state index in [2.05, 4.69) is 74.3 Å². The van der Waals surface area contributed by atoms with Crippen molar-refractivity contribution in [3.63, 3.8) is 0 Å². The van der Waals surface area contributed by atoms with Crippen LogP contribution in [0.5, 0.6) is 0 Å². The largest absolute Gasteiger partial charge is 0.0616 e. The number of hydrogen-bond donors (Lipinski definition) is 0. The van der Waals surface area contributed by atoms with Gasteiger partial charge in [0.15, 0.2) is 0 Å². The van der Waals surface area contributed by atoms with E-state index in [1.807, 2.05) is 16.0 Å². The third-order valence-corrected chi connectivity index (χ3v) is 3.45. The third kappa shape index (κ3) is 2.45. The summed E-state index contributed by atoms with van der Waals surface area (Å²) < 4.78 is 0. The van der Waals surface area contributed by atoms with E-state index in [0.29, 0.717) is 0 Å². The summed E-state index contributed by atoms with van der Waals surface area (Å²) in [6, 6.07) is 16.8. The van der Waals surface area contributed by atoms with Gasteiger partial charge in [-0.25, -0.2) is 0 Å². The molecule has 0 aliphatic carbocycles. The molecule has 0 atom stereocenters. The van der Waals surface area contributed by atoms with Crippen molar-refractivity contribution in [1.29, 1.82) is 0 Å². The molecular formula is C14H10Br2. The zero-order valence-corrected chi connectivity index (χ0v) is 11.7. The molecule has 2 aromatic rings. The van der Waals surface area contributed by atoms with E-state index < -0.39 is 0 Å². The Kier molecular flexibility index (Phi) is 3.97. The van der Waals surface area contributed by atoms with E-state index in [0.717, 1.165) is 0 Å². The standard InChI is InChI=1S/C14H10Br2/c15-9-11-5-7-12(8-6-11)14-4-2-1-3-13(14)10-16/h1-10H. The minimum atomic E-state index is 1.17. The Labute approximate surface area is 111 Å². The van der Waals surface area contributed by atoms with Crippen molar-refractivity contribution >= 4 is 41.8 Å². The van der Waals surface area contributed by atoms with Crippen LogP contribution >= 0.6 is 31.9 Å². The highest BCUT2D eigenvalue weighted by Gasteiger charge is 1.85. The van der Waals surface area contributed by atoms with Crippen LogP contribution in [-0.2, 0) is 0 Å². The van der Waals surface area contributed by atoms with Crippen LogP contribution in [0.1, 0.15) is 0 Å². The lowest BCUT2D eigenvalue weighted by atomic mass is 10.2. The number of rotatable bonds is 0. The van der Waals surface area contributed by atoms with Crippen LogP contribution in [0.4, 0.5) is 0 Å². The van der Waals surface area contributed by atoms with Crippen LogP contribution in [0, 0.1) is 10.4 Å². The zero-order valence-electron chi connectivity index (χ0n) is 8.53. The van der Waals surface area contributed by atoms with Gasteiger partial charge in [0.2, 0.25) is 0 Å². The quantitative estimate of drug-likeness (QED) is 0.692. The molecule has 0 spiro atoms. The van der Waals surface area contributed by atoms with E-state index in [1.54, 1.807) is 0 Å². The first-order valence-corrected chi connectivity index (χ1v) is 6.74. The van der Waals surface area contributed by atoms with Crippen molar-refractivity contribution in [3.05, 3.63) is 69.4 Å². The van der Waals surface area contributed by atoms with Crippen molar-refractivity contribution < 1.29 is 0 Å². The molecule has 2 heteroatoms. The minimum Gasteiger partial charge on any atom is -0.0616 e. The Morgan fingerprint density at radius 3 is 2.06 bits per heavy atom. The van der Waals surface area contributed by atoms with E-state index in [4.69, 9.17) is 0 Å². The first-order chi connectivity index (χ1) is 7.85. The molecule has 16 heavy (non-hydrogen) atoms. The smallest absolute Gasteiger partial charge is 0.0106 e. The third-order valence-electron chi connectivity index (χ3n) is 2.43. The van der Waals surface area contributed by atoms with Gasteiger partial charge < -0.3 is 0 Å².